The molecule has 0 aliphatic heterocycles. The van der Waals surface area contributed by atoms with E-state index in [1.54, 1.807) is 38.1 Å². The van der Waals surface area contributed by atoms with Crippen molar-refractivity contribution in [3.63, 3.8) is 0 Å². The van der Waals surface area contributed by atoms with Gasteiger partial charge in [0.25, 0.3) is 0 Å². The maximum absolute atomic E-state index is 12.8. The molecule has 2 aromatic rings. The number of hydrogen-bond donors (Lipinski definition) is 0. The van der Waals surface area contributed by atoms with Crippen molar-refractivity contribution in [2.75, 3.05) is 0 Å². The van der Waals surface area contributed by atoms with E-state index in [1.807, 2.05) is 0 Å². The van der Waals surface area contributed by atoms with Gasteiger partial charge in [0.15, 0.2) is 11.9 Å². The number of ether oxygens (including phenoxy) is 1. The zero-order valence-corrected chi connectivity index (χ0v) is 13.9. The van der Waals surface area contributed by atoms with E-state index in [9.17, 15) is 18.0 Å². The summed E-state index contributed by atoms with van der Waals surface area (Å²) in [6.07, 6.45) is -5.47. The highest BCUT2D eigenvalue weighted by molar-refractivity contribution is 6.30. The summed E-state index contributed by atoms with van der Waals surface area (Å²) in [4.78, 5) is 12.4. The van der Waals surface area contributed by atoms with Gasteiger partial charge in [0, 0.05) is 10.9 Å². The Kier molecular flexibility index (Phi) is 5.54. The van der Waals surface area contributed by atoms with E-state index in [-0.39, 0.29) is 17.5 Å². The minimum Gasteiger partial charge on any atom is -0.478 e. The molecule has 0 radical (unpaired) electrons. The first-order valence-corrected chi connectivity index (χ1v) is 7.69. The van der Waals surface area contributed by atoms with Gasteiger partial charge in [-0.2, -0.15) is 13.2 Å². The molecule has 0 aliphatic carbocycles. The van der Waals surface area contributed by atoms with Gasteiger partial charge < -0.3 is 4.74 Å². The van der Waals surface area contributed by atoms with Crippen molar-refractivity contribution < 1.29 is 22.7 Å². The van der Waals surface area contributed by atoms with Crippen molar-refractivity contribution in [2.45, 2.75) is 26.1 Å². The first-order valence-electron chi connectivity index (χ1n) is 7.31. The van der Waals surface area contributed by atoms with Crippen molar-refractivity contribution in [1.29, 1.82) is 0 Å². The van der Waals surface area contributed by atoms with Crippen molar-refractivity contribution in [1.82, 2.24) is 0 Å². The Labute approximate surface area is 143 Å². The van der Waals surface area contributed by atoms with Crippen LogP contribution in [0.15, 0.2) is 48.5 Å². The lowest BCUT2D eigenvalue weighted by Crippen LogP contribution is -2.23. The lowest BCUT2D eigenvalue weighted by atomic mass is 9.97. The molecule has 0 fully saturated rings. The third kappa shape index (κ3) is 4.51. The summed E-state index contributed by atoms with van der Waals surface area (Å²) in [5.74, 6) is -0.579. The topological polar surface area (TPSA) is 26.3 Å². The Bertz CT molecular complexity index is 709. The smallest absolute Gasteiger partial charge is 0.416 e. The Balaban J connectivity index is 2.35. The summed E-state index contributed by atoms with van der Waals surface area (Å²) in [5, 5.41) is 0.494. The van der Waals surface area contributed by atoms with Gasteiger partial charge in [-0.1, -0.05) is 43.6 Å². The summed E-state index contributed by atoms with van der Waals surface area (Å²) in [5.41, 5.74) is -0.289. The molecule has 1 atom stereocenters. The summed E-state index contributed by atoms with van der Waals surface area (Å²) in [7, 11) is 0. The monoisotopic (exact) mass is 356 g/mol. The van der Waals surface area contributed by atoms with Crippen LogP contribution in [0.5, 0.6) is 5.75 Å². The number of hydrogen-bond acceptors (Lipinski definition) is 2. The summed E-state index contributed by atoms with van der Waals surface area (Å²) < 4.78 is 44.1. The molecule has 128 valence electrons. The van der Waals surface area contributed by atoms with E-state index >= 15 is 0 Å². The molecule has 2 aromatic carbocycles. The maximum atomic E-state index is 12.8. The van der Waals surface area contributed by atoms with Gasteiger partial charge in [0.1, 0.15) is 5.75 Å². The van der Waals surface area contributed by atoms with E-state index in [0.717, 1.165) is 12.1 Å². The molecule has 0 aliphatic rings. The van der Waals surface area contributed by atoms with Crippen molar-refractivity contribution in [3.05, 3.63) is 64.7 Å². The van der Waals surface area contributed by atoms with E-state index in [1.165, 1.54) is 12.1 Å². The fourth-order valence-corrected chi connectivity index (χ4v) is 2.24. The minimum absolute atomic E-state index is 0.0150. The molecule has 6 heteroatoms. The van der Waals surface area contributed by atoms with Gasteiger partial charge in [-0.15, -0.1) is 0 Å². The van der Waals surface area contributed by atoms with Crippen LogP contribution in [0, 0.1) is 5.92 Å². The van der Waals surface area contributed by atoms with Crippen molar-refractivity contribution >= 4 is 17.4 Å². The second kappa shape index (κ2) is 7.26. The fraction of sp³-hybridized carbons (Fsp3) is 0.278. The summed E-state index contributed by atoms with van der Waals surface area (Å²) in [6, 6.07) is 10.9. The minimum atomic E-state index is -4.48. The van der Waals surface area contributed by atoms with Crippen LogP contribution in [0.25, 0.3) is 0 Å². The number of alkyl halides is 3. The fourth-order valence-electron chi connectivity index (χ4n) is 2.11. The van der Waals surface area contributed by atoms with E-state index in [0.29, 0.717) is 10.6 Å². The Morgan fingerprint density at radius 1 is 1.08 bits per heavy atom. The second-order valence-electron chi connectivity index (χ2n) is 5.63. The zero-order chi connectivity index (χ0) is 17.9. The van der Waals surface area contributed by atoms with E-state index in [4.69, 9.17) is 16.3 Å². The largest absolute Gasteiger partial charge is 0.478 e. The molecule has 0 N–H and O–H groups in total. The molecular weight excluding hydrogens is 341 g/mol. The van der Waals surface area contributed by atoms with E-state index < -0.39 is 17.8 Å². The molecule has 24 heavy (non-hydrogen) atoms. The summed E-state index contributed by atoms with van der Waals surface area (Å²) in [6.45, 7) is 3.42. The normalized spacial score (nSPS) is 13.0. The molecule has 0 saturated carbocycles. The average molecular weight is 357 g/mol. The quantitative estimate of drug-likeness (QED) is 0.686. The molecule has 0 amide bonds. The number of carbonyl (C=O) groups is 1. The van der Waals surface area contributed by atoms with Gasteiger partial charge >= 0.3 is 6.18 Å². The Morgan fingerprint density at radius 2 is 1.71 bits per heavy atom. The number of benzene rings is 2. The second-order valence-corrected chi connectivity index (χ2v) is 6.07. The lowest BCUT2D eigenvalue weighted by molar-refractivity contribution is -0.137. The SMILES string of the molecule is CC(C)C(=O)[C@H](Oc1cccc(C(F)(F)F)c1)c1ccc(Cl)cc1. The van der Waals surface area contributed by atoms with Gasteiger partial charge in [0.05, 0.1) is 5.56 Å². The highest BCUT2D eigenvalue weighted by Crippen LogP contribution is 2.33. The van der Waals surface area contributed by atoms with Crippen molar-refractivity contribution in [3.8, 4) is 5.75 Å². The molecule has 0 heterocycles. The zero-order valence-electron chi connectivity index (χ0n) is 13.1. The lowest BCUT2D eigenvalue weighted by Gasteiger charge is -2.21. The highest BCUT2D eigenvalue weighted by Gasteiger charge is 2.31. The van der Waals surface area contributed by atoms with Crippen LogP contribution in [0.3, 0.4) is 0 Å². The summed E-state index contributed by atoms with van der Waals surface area (Å²) >= 11 is 5.84. The highest BCUT2D eigenvalue weighted by atomic mass is 35.5. The predicted molar refractivity (Wildman–Crippen MR) is 86.1 cm³/mol. The van der Waals surface area contributed by atoms with Gasteiger partial charge in [0.2, 0.25) is 0 Å². The molecule has 0 spiro atoms. The maximum Gasteiger partial charge on any atom is 0.416 e. The number of rotatable bonds is 5. The third-order valence-electron chi connectivity index (χ3n) is 3.42. The van der Waals surface area contributed by atoms with Crippen LogP contribution in [0.1, 0.15) is 31.1 Å². The number of Topliss-reactive ketones (excluding diaryl/α,β-unsaturated/α-hetero) is 1. The van der Waals surface area contributed by atoms with Crippen LogP contribution in [0.4, 0.5) is 13.2 Å². The Morgan fingerprint density at radius 3 is 2.25 bits per heavy atom. The van der Waals surface area contributed by atoms with Gasteiger partial charge in [-0.05, 0) is 35.9 Å². The third-order valence-corrected chi connectivity index (χ3v) is 3.67. The van der Waals surface area contributed by atoms with Crippen LogP contribution in [-0.2, 0) is 11.0 Å². The molecule has 2 rings (SSSR count). The molecule has 2 nitrogen and oxygen atoms in total. The van der Waals surface area contributed by atoms with E-state index in [2.05, 4.69) is 0 Å². The van der Waals surface area contributed by atoms with Crippen LogP contribution in [-0.4, -0.2) is 5.78 Å². The Hall–Kier alpha value is -2.01. The number of ketones is 1. The van der Waals surface area contributed by atoms with Crippen LogP contribution < -0.4 is 4.74 Å². The first-order chi connectivity index (χ1) is 11.2. The number of carbonyl (C=O) groups excluding carboxylic acids is 1. The molecule has 0 aromatic heterocycles. The van der Waals surface area contributed by atoms with Crippen LogP contribution in [0.2, 0.25) is 5.02 Å². The molecule has 0 unspecified atom stereocenters. The number of halogens is 4. The molecule has 0 bridgehead atoms. The van der Waals surface area contributed by atoms with Gasteiger partial charge in [-0.3, -0.25) is 4.79 Å². The standard InChI is InChI=1S/C18H16ClF3O2/c1-11(2)16(23)17(12-6-8-14(19)9-7-12)24-15-5-3-4-13(10-15)18(20,21)22/h3-11,17H,1-2H3/t17-/m1/s1. The molecular formula is C18H16ClF3O2. The average Bonchev–Trinajstić information content (AvgIpc) is 2.52. The molecule has 0 saturated heterocycles. The first kappa shape index (κ1) is 18.3. The van der Waals surface area contributed by atoms with Crippen molar-refractivity contribution in [2.24, 2.45) is 5.92 Å². The van der Waals surface area contributed by atoms with Gasteiger partial charge in [-0.25, -0.2) is 0 Å². The van der Waals surface area contributed by atoms with Crippen LogP contribution >= 0.6 is 11.6 Å². The predicted octanol–water partition coefficient (Wildman–Crippen LogP) is 5.70.